The molecule has 1 aliphatic carbocycles. The van der Waals surface area contributed by atoms with Gasteiger partial charge < -0.3 is 15.0 Å². The van der Waals surface area contributed by atoms with Gasteiger partial charge in [-0.3, -0.25) is 0 Å². The van der Waals surface area contributed by atoms with Crippen molar-refractivity contribution in [2.75, 3.05) is 24.6 Å². The van der Waals surface area contributed by atoms with Crippen LogP contribution in [0.1, 0.15) is 31.0 Å². The molecule has 2 heterocycles. The van der Waals surface area contributed by atoms with Gasteiger partial charge in [-0.15, -0.1) is 0 Å². The molecule has 0 bridgehead atoms. The fourth-order valence-corrected chi connectivity index (χ4v) is 2.35. The number of anilines is 1. The molecule has 5 heteroatoms. The van der Waals surface area contributed by atoms with Crippen molar-refractivity contribution in [3.8, 4) is 0 Å². The molecule has 2 fully saturated rings. The van der Waals surface area contributed by atoms with E-state index in [2.05, 4.69) is 34.0 Å². The lowest BCUT2D eigenvalue weighted by Gasteiger charge is -2.31. The molecule has 1 saturated heterocycles. The molecule has 5 nitrogen and oxygen atoms in total. The van der Waals surface area contributed by atoms with Crippen molar-refractivity contribution in [3.05, 3.63) is 17.5 Å². The highest BCUT2D eigenvalue weighted by Crippen LogP contribution is 2.20. The van der Waals surface area contributed by atoms with E-state index in [-0.39, 0.29) is 6.10 Å². The topological polar surface area (TPSA) is 50.3 Å². The summed E-state index contributed by atoms with van der Waals surface area (Å²) in [5, 5.41) is 3.51. The zero-order chi connectivity index (χ0) is 13.2. The van der Waals surface area contributed by atoms with Crippen molar-refractivity contribution < 1.29 is 4.74 Å². The summed E-state index contributed by atoms with van der Waals surface area (Å²) in [5.41, 5.74) is 2.29. The van der Waals surface area contributed by atoms with Crippen LogP contribution in [0, 0.1) is 6.92 Å². The Bertz CT molecular complexity index is 447. The normalized spacial score (nSPS) is 23.7. The van der Waals surface area contributed by atoms with E-state index in [1.54, 1.807) is 0 Å². The van der Waals surface area contributed by atoms with Crippen molar-refractivity contribution >= 4 is 5.95 Å². The zero-order valence-electron chi connectivity index (χ0n) is 11.7. The van der Waals surface area contributed by atoms with Gasteiger partial charge in [0.2, 0.25) is 5.95 Å². The molecule has 1 aromatic heterocycles. The van der Waals surface area contributed by atoms with E-state index in [1.165, 1.54) is 18.4 Å². The monoisotopic (exact) mass is 262 g/mol. The Morgan fingerprint density at radius 3 is 3.00 bits per heavy atom. The summed E-state index contributed by atoms with van der Waals surface area (Å²) in [5.74, 6) is 0.836. The second-order valence-electron chi connectivity index (χ2n) is 5.56. The van der Waals surface area contributed by atoms with Gasteiger partial charge in [0.1, 0.15) is 0 Å². The van der Waals surface area contributed by atoms with E-state index in [0.717, 1.165) is 43.9 Å². The first-order valence-electron chi connectivity index (χ1n) is 7.15. The first kappa shape index (κ1) is 12.8. The van der Waals surface area contributed by atoms with Crippen LogP contribution in [0.15, 0.2) is 6.20 Å². The average Bonchev–Trinajstić information content (AvgIpc) is 3.21. The summed E-state index contributed by atoms with van der Waals surface area (Å²) < 4.78 is 5.55. The molecule has 1 atom stereocenters. The van der Waals surface area contributed by atoms with Crippen molar-refractivity contribution in [1.29, 1.82) is 0 Å². The van der Waals surface area contributed by atoms with Crippen molar-refractivity contribution in [3.63, 3.8) is 0 Å². The van der Waals surface area contributed by atoms with E-state index in [9.17, 15) is 0 Å². The van der Waals surface area contributed by atoms with E-state index in [0.29, 0.717) is 0 Å². The second-order valence-corrected chi connectivity index (χ2v) is 5.56. The van der Waals surface area contributed by atoms with Gasteiger partial charge in [0.25, 0.3) is 0 Å². The van der Waals surface area contributed by atoms with Crippen molar-refractivity contribution in [1.82, 2.24) is 15.3 Å². The van der Waals surface area contributed by atoms with Gasteiger partial charge in [-0.25, -0.2) is 9.97 Å². The number of nitrogens with one attached hydrogen (secondary N) is 1. The van der Waals surface area contributed by atoms with Crippen LogP contribution < -0.4 is 10.2 Å². The van der Waals surface area contributed by atoms with Gasteiger partial charge in [0, 0.05) is 43.1 Å². The fourth-order valence-electron chi connectivity index (χ4n) is 2.35. The lowest BCUT2D eigenvalue weighted by Crippen LogP contribution is -2.42. The van der Waals surface area contributed by atoms with Crippen LogP contribution in [0.4, 0.5) is 5.95 Å². The third-order valence-corrected chi connectivity index (χ3v) is 3.75. The molecule has 104 valence electrons. The third-order valence-electron chi connectivity index (χ3n) is 3.75. The molecule has 3 rings (SSSR count). The summed E-state index contributed by atoms with van der Waals surface area (Å²) in [6.45, 7) is 7.55. The van der Waals surface area contributed by atoms with E-state index >= 15 is 0 Å². The Morgan fingerprint density at radius 1 is 1.47 bits per heavy atom. The molecule has 1 saturated carbocycles. The van der Waals surface area contributed by atoms with Gasteiger partial charge in [-0.2, -0.15) is 0 Å². The van der Waals surface area contributed by atoms with Crippen molar-refractivity contribution in [2.45, 2.75) is 45.4 Å². The number of hydrogen-bond donors (Lipinski definition) is 1. The molecule has 1 N–H and O–H groups in total. The number of rotatable bonds is 4. The SMILES string of the molecule is Cc1nc(N2CCOC(C)C2)ncc1CNC1CC1. The molecule has 2 aliphatic rings. The van der Waals surface area contributed by atoms with Crippen LogP contribution in [0.3, 0.4) is 0 Å². The molecule has 1 aromatic rings. The Kier molecular flexibility index (Phi) is 3.66. The molecule has 0 aromatic carbocycles. The van der Waals surface area contributed by atoms with Gasteiger partial charge in [-0.1, -0.05) is 0 Å². The lowest BCUT2D eigenvalue weighted by atomic mass is 10.2. The van der Waals surface area contributed by atoms with Gasteiger partial charge in [0.15, 0.2) is 0 Å². The molecule has 19 heavy (non-hydrogen) atoms. The predicted molar refractivity (Wildman–Crippen MR) is 74.3 cm³/mol. The van der Waals surface area contributed by atoms with Crippen LogP contribution in [0.25, 0.3) is 0 Å². The maximum absolute atomic E-state index is 5.55. The minimum atomic E-state index is 0.258. The molecule has 0 spiro atoms. The molecular weight excluding hydrogens is 240 g/mol. The van der Waals surface area contributed by atoms with Gasteiger partial charge in [0.05, 0.1) is 12.7 Å². The van der Waals surface area contributed by atoms with E-state index in [1.807, 2.05) is 6.20 Å². The fraction of sp³-hybridized carbons (Fsp3) is 0.714. The first-order chi connectivity index (χ1) is 9.22. The number of hydrogen-bond acceptors (Lipinski definition) is 5. The van der Waals surface area contributed by atoms with Crippen LogP contribution >= 0.6 is 0 Å². The highest BCUT2D eigenvalue weighted by Gasteiger charge is 2.22. The summed E-state index contributed by atoms with van der Waals surface area (Å²) >= 11 is 0. The summed E-state index contributed by atoms with van der Waals surface area (Å²) in [6, 6.07) is 0.721. The number of morpholine rings is 1. The number of ether oxygens (including phenoxy) is 1. The number of aromatic nitrogens is 2. The molecular formula is C14H22N4O. The summed E-state index contributed by atoms with van der Waals surface area (Å²) in [7, 11) is 0. The maximum atomic E-state index is 5.55. The van der Waals surface area contributed by atoms with Crippen LogP contribution in [-0.4, -0.2) is 41.8 Å². The highest BCUT2D eigenvalue weighted by atomic mass is 16.5. The van der Waals surface area contributed by atoms with Gasteiger partial charge in [-0.05, 0) is 26.7 Å². The zero-order valence-corrected chi connectivity index (χ0v) is 11.7. The Labute approximate surface area is 114 Å². The largest absolute Gasteiger partial charge is 0.375 e. The quantitative estimate of drug-likeness (QED) is 0.885. The van der Waals surface area contributed by atoms with Gasteiger partial charge >= 0.3 is 0 Å². The Hall–Kier alpha value is -1.20. The van der Waals surface area contributed by atoms with E-state index in [4.69, 9.17) is 4.74 Å². The Morgan fingerprint density at radius 2 is 2.32 bits per heavy atom. The number of nitrogens with zero attached hydrogens (tertiary/aromatic N) is 3. The standard InChI is InChI=1S/C14H22N4O/c1-10-9-18(5-6-19-10)14-16-8-12(11(2)17-14)7-15-13-3-4-13/h8,10,13,15H,3-7,9H2,1-2H3. The van der Waals surface area contributed by atoms with E-state index < -0.39 is 0 Å². The minimum Gasteiger partial charge on any atom is -0.375 e. The molecule has 0 amide bonds. The highest BCUT2D eigenvalue weighted by molar-refractivity contribution is 5.33. The number of aryl methyl sites for hydroxylation is 1. The lowest BCUT2D eigenvalue weighted by molar-refractivity contribution is 0.0526. The molecule has 0 radical (unpaired) electrons. The third kappa shape index (κ3) is 3.22. The van der Waals surface area contributed by atoms with Crippen LogP contribution in [-0.2, 0) is 11.3 Å². The maximum Gasteiger partial charge on any atom is 0.225 e. The second kappa shape index (κ2) is 5.43. The van der Waals surface area contributed by atoms with Crippen molar-refractivity contribution in [2.24, 2.45) is 0 Å². The van der Waals surface area contributed by atoms with Crippen LogP contribution in [0.2, 0.25) is 0 Å². The minimum absolute atomic E-state index is 0.258. The molecule has 1 unspecified atom stereocenters. The summed E-state index contributed by atoms with van der Waals surface area (Å²) in [4.78, 5) is 11.4. The summed E-state index contributed by atoms with van der Waals surface area (Å²) in [6.07, 6.45) is 4.84. The first-order valence-corrected chi connectivity index (χ1v) is 7.15. The Balaban J connectivity index is 1.67. The molecule has 1 aliphatic heterocycles. The smallest absolute Gasteiger partial charge is 0.225 e. The average molecular weight is 262 g/mol. The predicted octanol–water partition coefficient (Wildman–Crippen LogP) is 1.26. The van der Waals surface area contributed by atoms with Crippen LogP contribution in [0.5, 0.6) is 0 Å².